The van der Waals surface area contributed by atoms with E-state index in [2.05, 4.69) is 34.1 Å². The van der Waals surface area contributed by atoms with Crippen molar-refractivity contribution in [1.29, 1.82) is 5.41 Å². The standard InChI is InChI=1S/C13H19N3O.C8H9N/c14-13(17)11-16-8-6-15(7-9-16)10-12-4-2-1-3-5-12;1-7-4-2-3-5-8(7)6-9/h1-5H,6-11H2,(H2,14,17);2-6,9H,1H3. The molecule has 0 radical (unpaired) electrons. The molecule has 0 aromatic heterocycles. The minimum atomic E-state index is -0.235. The van der Waals surface area contributed by atoms with Gasteiger partial charge in [-0.05, 0) is 23.6 Å². The normalized spacial score (nSPS) is 15.0. The molecule has 138 valence electrons. The quantitative estimate of drug-likeness (QED) is 0.811. The Hall–Kier alpha value is -2.50. The van der Waals surface area contributed by atoms with Gasteiger partial charge in [0.15, 0.2) is 0 Å². The number of nitrogens with zero attached hydrogens (tertiary/aromatic N) is 2. The molecule has 5 nitrogen and oxygen atoms in total. The SMILES string of the molecule is Cc1ccccc1C=N.NC(=O)CN1CCN(Cc2ccccc2)CC1. The molecule has 1 amide bonds. The van der Waals surface area contributed by atoms with Crippen LogP contribution in [0.2, 0.25) is 0 Å². The maximum absolute atomic E-state index is 10.8. The molecule has 3 rings (SSSR count). The number of benzene rings is 2. The van der Waals surface area contributed by atoms with Crippen LogP contribution in [0.15, 0.2) is 54.6 Å². The molecule has 1 aliphatic rings. The van der Waals surface area contributed by atoms with E-state index in [-0.39, 0.29) is 5.91 Å². The van der Waals surface area contributed by atoms with Gasteiger partial charge in [-0.15, -0.1) is 0 Å². The average molecular weight is 352 g/mol. The highest BCUT2D eigenvalue weighted by molar-refractivity contribution is 5.78. The van der Waals surface area contributed by atoms with Gasteiger partial charge in [-0.1, -0.05) is 54.6 Å². The predicted molar refractivity (Wildman–Crippen MR) is 106 cm³/mol. The van der Waals surface area contributed by atoms with Crippen LogP contribution in [0, 0.1) is 12.3 Å². The summed E-state index contributed by atoms with van der Waals surface area (Å²) in [5.74, 6) is -0.235. The van der Waals surface area contributed by atoms with Crippen LogP contribution in [0.25, 0.3) is 0 Å². The molecule has 1 saturated heterocycles. The minimum Gasteiger partial charge on any atom is -0.369 e. The predicted octanol–water partition coefficient (Wildman–Crippen LogP) is 2.28. The van der Waals surface area contributed by atoms with Crippen LogP contribution in [0.1, 0.15) is 16.7 Å². The van der Waals surface area contributed by atoms with Gasteiger partial charge in [0.2, 0.25) is 5.91 Å². The van der Waals surface area contributed by atoms with Crippen LogP contribution in [0.4, 0.5) is 0 Å². The van der Waals surface area contributed by atoms with Crippen LogP contribution in [-0.4, -0.2) is 54.6 Å². The van der Waals surface area contributed by atoms with Gasteiger partial charge in [-0.2, -0.15) is 0 Å². The number of rotatable bonds is 5. The van der Waals surface area contributed by atoms with E-state index in [1.54, 1.807) is 0 Å². The summed E-state index contributed by atoms with van der Waals surface area (Å²) in [6.07, 6.45) is 1.37. The molecule has 5 heteroatoms. The van der Waals surface area contributed by atoms with Gasteiger partial charge >= 0.3 is 0 Å². The van der Waals surface area contributed by atoms with Gasteiger partial charge < -0.3 is 11.1 Å². The van der Waals surface area contributed by atoms with Gasteiger partial charge in [0.05, 0.1) is 6.54 Å². The number of nitrogens with two attached hydrogens (primary N) is 1. The summed E-state index contributed by atoms with van der Waals surface area (Å²) < 4.78 is 0. The van der Waals surface area contributed by atoms with Gasteiger partial charge in [-0.25, -0.2) is 0 Å². The first-order chi connectivity index (χ1) is 12.6. The van der Waals surface area contributed by atoms with Crippen LogP contribution in [-0.2, 0) is 11.3 Å². The first kappa shape index (κ1) is 19.8. The molecule has 2 aromatic rings. The van der Waals surface area contributed by atoms with E-state index in [0.29, 0.717) is 6.54 Å². The molecular weight excluding hydrogens is 324 g/mol. The van der Waals surface area contributed by atoms with Gasteiger partial charge in [0, 0.05) is 38.9 Å². The Balaban J connectivity index is 0.000000228. The third-order valence-electron chi connectivity index (χ3n) is 4.44. The molecule has 1 heterocycles. The Bertz CT molecular complexity index is 694. The monoisotopic (exact) mass is 352 g/mol. The van der Waals surface area contributed by atoms with Crippen molar-refractivity contribution in [2.24, 2.45) is 5.73 Å². The molecule has 0 spiro atoms. The molecule has 1 aliphatic heterocycles. The molecular formula is C21H28N4O. The fraction of sp³-hybridized carbons (Fsp3) is 0.333. The number of carbonyl (C=O) groups excluding carboxylic acids is 1. The highest BCUT2D eigenvalue weighted by atomic mass is 16.1. The molecule has 0 atom stereocenters. The summed E-state index contributed by atoms with van der Waals surface area (Å²) in [7, 11) is 0. The van der Waals surface area contributed by atoms with Crippen LogP contribution >= 0.6 is 0 Å². The topological polar surface area (TPSA) is 73.4 Å². The van der Waals surface area contributed by atoms with E-state index >= 15 is 0 Å². The zero-order valence-electron chi connectivity index (χ0n) is 15.4. The average Bonchev–Trinajstić information content (AvgIpc) is 2.65. The summed E-state index contributed by atoms with van der Waals surface area (Å²) in [4.78, 5) is 15.3. The number of piperazine rings is 1. The van der Waals surface area contributed by atoms with E-state index in [1.807, 2.05) is 37.3 Å². The Morgan fingerprint density at radius 2 is 1.58 bits per heavy atom. The van der Waals surface area contributed by atoms with Crippen LogP contribution < -0.4 is 5.73 Å². The van der Waals surface area contributed by atoms with Crippen molar-refractivity contribution in [3.05, 3.63) is 71.3 Å². The molecule has 0 aliphatic carbocycles. The molecule has 3 N–H and O–H groups in total. The largest absolute Gasteiger partial charge is 0.369 e. The van der Waals surface area contributed by atoms with Crippen molar-refractivity contribution in [1.82, 2.24) is 9.80 Å². The molecule has 2 aromatic carbocycles. The van der Waals surface area contributed by atoms with Crippen LogP contribution in [0.3, 0.4) is 0 Å². The third-order valence-corrected chi connectivity index (χ3v) is 4.44. The lowest BCUT2D eigenvalue weighted by atomic mass is 10.1. The lowest BCUT2D eigenvalue weighted by molar-refractivity contribution is -0.119. The number of hydrogen-bond acceptors (Lipinski definition) is 4. The number of hydrogen-bond donors (Lipinski definition) is 2. The maximum Gasteiger partial charge on any atom is 0.231 e. The molecule has 0 unspecified atom stereocenters. The highest BCUT2D eigenvalue weighted by Gasteiger charge is 2.17. The lowest BCUT2D eigenvalue weighted by Crippen LogP contribution is -2.48. The van der Waals surface area contributed by atoms with Crippen molar-refractivity contribution < 1.29 is 4.79 Å². The zero-order chi connectivity index (χ0) is 18.8. The van der Waals surface area contributed by atoms with Gasteiger partial charge in [0.25, 0.3) is 0 Å². The van der Waals surface area contributed by atoms with Crippen molar-refractivity contribution in [2.45, 2.75) is 13.5 Å². The first-order valence-corrected chi connectivity index (χ1v) is 8.91. The van der Waals surface area contributed by atoms with Crippen molar-refractivity contribution in [2.75, 3.05) is 32.7 Å². The second kappa shape index (κ2) is 10.5. The summed E-state index contributed by atoms with van der Waals surface area (Å²) in [6.45, 7) is 7.24. The smallest absolute Gasteiger partial charge is 0.231 e. The Kier molecular flexibility index (Phi) is 7.99. The number of amides is 1. The van der Waals surface area contributed by atoms with E-state index < -0.39 is 0 Å². The highest BCUT2D eigenvalue weighted by Crippen LogP contribution is 2.08. The fourth-order valence-corrected chi connectivity index (χ4v) is 2.92. The molecule has 0 bridgehead atoms. The molecule has 0 saturated carbocycles. The van der Waals surface area contributed by atoms with Crippen LogP contribution in [0.5, 0.6) is 0 Å². The third kappa shape index (κ3) is 6.78. The molecule has 1 fully saturated rings. The summed E-state index contributed by atoms with van der Waals surface area (Å²) in [5.41, 5.74) is 8.69. The van der Waals surface area contributed by atoms with Crippen molar-refractivity contribution in [3.8, 4) is 0 Å². The summed E-state index contributed by atoms with van der Waals surface area (Å²) in [5, 5.41) is 6.96. The zero-order valence-corrected chi connectivity index (χ0v) is 15.4. The lowest BCUT2D eigenvalue weighted by Gasteiger charge is -2.33. The maximum atomic E-state index is 10.8. The Labute approximate surface area is 155 Å². The summed E-state index contributed by atoms with van der Waals surface area (Å²) >= 11 is 0. The first-order valence-electron chi connectivity index (χ1n) is 8.91. The number of nitrogens with one attached hydrogen (secondary N) is 1. The Morgan fingerprint density at radius 3 is 2.12 bits per heavy atom. The Morgan fingerprint density at radius 1 is 1.00 bits per heavy atom. The number of primary amides is 1. The van der Waals surface area contributed by atoms with E-state index in [4.69, 9.17) is 11.1 Å². The van der Waals surface area contributed by atoms with E-state index in [9.17, 15) is 4.79 Å². The van der Waals surface area contributed by atoms with E-state index in [0.717, 1.165) is 43.9 Å². The summed E-state index contributed by atoms with van der Waals surface area (Å²) in [6, 6.07) is 18.3. The minimum absolute atomic E-state index is 0.235. The van der Waals surface area contributed by atoms with E-state index in [1.165, 1.54) is 11.8 Å². The molecule has 26 heavy (non-hydrogen) atoms. The van der Waals surface area contributed by atoms with Gasteiger partial charge in [-0.3, -0.25) is 14.6 Å². The van der Waals surface area contributed by atoms with Crippen molar-refractivity contribution in [3.63, 3.8) is 0 Å². The number of carbonyl (C=O) groups is 1. The van der Waals surface area contributed by atoms with Crippen molar-refractivity contribution >= 4 is 12.1 Å². The second-order valence-corrected chi connectivity index (χ2v) is 6.51. The second-order valence-electron chi connectivity index (χ2n) is 6.51. The fourth-order valence-electron chi connectivity index (χ4n) is 2.92. The van der Waals surface area contributed by atoms with Gasteiger partial charge in [0.1, 0.15) is 0 Å². The number of aryl methyl sites for hydroxylation is 1.